The zero-order valence-corrected chi connectivity index (χ0v) is 40.9. The summed E-state index contributed by atoms with van der Waals surface area (Å²) < 4.78 is 0. The van der Waals surface area contributed by atoms with Crippen molar-refractivity contribution in [2.45, 2.75) is 151 Å². The molecule has 1 aromatic rings. The van der Waals surface area contributed by atoms with E-state index in [9.17, 15) is 0 Å². The van der Waals surface area contributed by atoms with E-state index >= 15 is 0 Å². The smallest absolute Gasteiger partial charge is 0.0356 e. The van der Waals surface area contributed by atoms with Gasteiger partial charge in [0.15, 0.2) is 0 Å². The lowest BCUT2D eigenvalue weighted by Gasteiger charge is -2.30. The van der Waals surface area contributed by atoms with E-state index in [1.165, 1.54) is 66.8 Å². The SMILES string of the molecule is C=C1C2=C(C3C(C)C(C)=C(C)C3C)C(C)C(=C)C2=C(C2=C(C)C(C)=C(C3=C(C)C4=C(C5=C(C(C)=C(C)C5C(C)C)C4c4c(C)c(C)c(C)c(C)c4C)C3C(C)C)C2)C1C. The van der Waals surface area contributed by atoms with E-state index < -0.39 is 0 Å². The molecule has 0 aliphatic heterocycles. The Kier molecular flexibility index (Phi) is 9.94. The van der Waals surface area contributed by atoms with Crippen LogP contribution in [-0.4, -0.2) is 0 Å². The maximum Gasteiger partial charge on any atom is 0.0356 e. The molecule has 7 unspecified atom stereocenters. The quantitative estimate of drug-likeness (QED) is 0.252. The van der Waals surface area contributed by atoms with Crippen molar-refractivity contribution >= 4 is 0 Å². The number of rotatable bonds is 6. The van der Waals surface area contributed by atoms with Gasteiger partial charge in [-0.2, -0.15) is 0 Å². The molecule has 0 heteroatoms. The van der Waals surface area contributed by atoms with Crippen LogP contribution in [0.5, 0.6) is 0 Å². The van der Waals surface area contributed by atoms with Gasteiger partial charge in [-0.05, 0) is 242 Å². The van der Waals surface area contributed by atoms with Crippen molar-refractivity contribution in [2.24, 2.45) is 53.3 Å². The summed E-state index contributed by atoms with van der Waals surface area (Å²) in [5.74, 6) is 4.43. The number of benzene rings is 1. The van der Waals surface area contributed by atoms with Crippen LogP contribution >= 0.6 is 0 Å². The predicted molar refractivity (Wildman–Crippen MR) is 256 cm³/mol. The highest BCUT2D eigenvalue weighted by Gasteiger charge is 2.53. The van der Waals surface area contributed by atoms with Crippen molar-refractivity contribution in [1.29, 1.82) is 0 Å². The fourth-order valence-corrected chi connectivity index (χ4v) is 14.4. The summed E-state index contributed by atoms with van der Waals surface area (Å²) in [7, 11) is 0. The third-order valence-electron chi connectivity index (χ3n) is 18.6. The Bertz CT molecular complexity index is 2470. The Hall–Kier alpha value is -3.64. The third-order valence-corrected chi connectivity index (χ3v) is 18.6. The minimum Gasteiger partial charge on any atom is -0.0946 e. The molecule has 7 aliphatic rings. The molecule has 7 atom stereocenters. The van der Waals surface area contributed by atoms with Crippen molar-refractivity contribution < 1.29 is 0 Å². The zero-order chi connectivity index (χ0) is 43.5. The second-order valence-corrected chi connectivity index (χ2v) is 21.4. The molecular weight excluding hydrogens is 709 g/mol. The van der Waals surface area contributed by atoms with Gasteiger partial charge in [0.25, 0.3) is 0 Å². The molecule has 0 heterocycles. The topological polar surface area (TPSA) is 0 Å². The maximum absolute atomic E-state index is 4.92. The number of allylic oxidation sites excluding steroid dienone is 20. The Balaban J connectivity index is 1.29. The van der Waals surface area contributed by atoms with Crippen LogP contribution in [0.1, 0.15) is 150 Å². The average molecular weight is 785 g/mol. The van der Waals surface area contributed by atoms with E-state index in [1.807, 2.05) is 0 Å². The molecule has 8 rings (SSSR count). The summed E-state index contributed by atoms with van der Waals surface area (Å²) in [6, 6.07) is 0. The van der Waals surface area contributed by atoms with E-state index in [2.05, 4.69) is 138 Å². The lowest BCUT2D eigenvalue weighted by atomic mass is 9.73. The molecule has 59 heavy (non-hydrogen) atoms. The molecule has 1 aromatic carbocycles. The van der Waals surface area contributed by atoms with Crippen LogP contribution < -0.4 is 0 Å². The number of hydrogen-bond acceptors (Lipinski definition) is 0. The van der Waals surface area contributed by atoms with Crippen molar-refractivity contribution in [1.82, 2.24) is 0 Å². The lowest BCUT2D eigenvalue weighted by Crippen LogP contribution is -2.20. The Morgan fingerprint density at radius 1 is 0.441 bits per heavy atom. The second-order valence-electron chi connectivity index (χ2n) is 21.4. The van der Waals surface area contributed by atoms with E-state index in [0.29, 0.717) is 53.3 Å². The van der Waals surface area contributed by atoms with E-state index in [-0.39, 0.29) is 5.92 Å². The molecule has 0 fully saturated rings. The first-order chi connectivity index (χ1) is 27.5. The van der Waals surface area contributed by atoms with Gasteiger partial charge in [0.05, 0.1) is 0 Å². The Morgan fingerprint density at radius 2 is 0.881 bits per heavy atom. The summed E-state index contributed by atoms with van der Waals surface area (Å²) >= 11 is 0. The molecule has 0 N–H and O–H groups in total. The van der Waals surface area contributed by atoms with Crippen molar-refractivity contribution in [3.63, 3.8) is 0 Å². The van der Waals surface area contributed by atoms with Crippen LogP contribution in [0, 0.1) is 87.9 Å². The molecule has 0 radical (unpaired) electrons. The van der Waals surface area contributed by atoms with E-state index in [4.69, 9.17) is 13.2 Å². The van der Waals surface area contributed by atoms with Gasteiger partial charge in [-0.25, -0.2) is 0 Å². The fraction of sp³-hybridized carbons (Fsp3) is 0.525. The molecule has 0 nitrogen and oxygen atoms in total. The molecule has 0 saturated carbocycles. The Morgan fingerprint density at radius 3 is 1.39 bits per heavy atom. The Labute approximate surface area is 360 Å². The van der Waals surface area contributed by atoms with Gasteiger partial charge in [0, 0.05) is 29.6 Å². The second kappa shape index (κ2) is 13.9. The summed E-state index contributed by atoms with van der Waals surface area (Å²) in [5.41, 5.74) is 40.1. The molecule has 0 aromatic heterocycles. The molecule has 0 bridgehead atoms. The molecule has 0 amide bonds. The van der Waals surface area contributed by atoms with Crippen LogP contribution in [0.4, 0.5) is 0 Å². The summed E-state index contributed by atoms with van der Waals surface area (Å²) in [6.45, 7) is 58.6. The maximum atomic E-state index is 4.92. The van der Waals surface area contributed by atoms with Crippen LogP contribution in [0.25, 0.3) is 0 Å². The molecule has 7 aliphatic carbocycles. The minimum atomic E-state index is 0.283. The van der Waals surface area contributed by atoms with Gasteiger partial charge in [-0.3, -0.25) is 0 Å². The average Bonchev–Trinajstić information content (AvgIpc) is 3.98. The van der Waals surface area contributed by atoms with Gasteiger partial charge in [0.1, 0.15) is 0 Å². The van der Waals surface area contributed by atoms with E-state index in [0.717, 1.165) is 6.42 Å². The summed E-state index contributed by atoms with van der Waals surface area (Å²) in [6.07, 6.45) is 1.01. The predicted octanol–water partition coefficient (Wildman–Crippen LogP) is 16.4. The molecule has 312 valence electrons. The van der Waals surface area contributed by atoms with Crippen LogP contribution in [-0.2, 0) is 0 Å². The number of fused-ring (bicyclic) bond motifs is 2. The molecular formula is C59H76. The summed E-state index contributed by atoms with van der Waals surface area (Å²) in [5, 5.41) is 0. The van der Waals surface area contributed by atoms with E-state index in [1.54, 1.807) is 78.0 Å². The molecule has 0 spiro atoms. The minimum absolute atomic E-state index is 0.283. The van der Waals surface area contributed by atoms with Crippen LogP contribution in [0.2, 0.25) is 0 Å². The molecule has 0 saturated heterocycles. The first kappa shape index (κ1) is 42.1. The monoisotopic (exact) mass is 785 g/mol. The fourth-order valence-electron chi connectivity index (χ4n) is 14.4. The first-order valence-electron chi connectivity index (χ1n) is 23.4. The lowest BCUT2D eigenvalue weighted by molar-refractivity contribution is 0.391. The summed E-state index contributed by atoms with van der Waals surface area (Å²) in [4.78, 5) is 0. The van der Waals surface area contributed by atoms with Crippen molar-refractivity contribution in [2.75, 3.05) is 0 Å². The van der Waals surface area contributed by atoms with Gasteiger partial charge in [0.2, 0.25) is 0 Å². The zero-order valence-electron chi connectivity index (χ0n) is 40.9. The highest BCUT2D eigenvalue weighted by atomic mass is 14.6. The van der Waals surface area contributed by atoms with Gasteiger partial charge in [-0.1, -0.05) is 90.8 Å². The van der Waals surface area contributed by atoms with Crippen LogP contribution in [0.15, 0.2) is 125 Å². The highest BCUT2D eigenvalue weighted by molar-refractivity contribution is 5.82. The normalized spacial score (nSPS) is 31.1. The van der Waals surface area contributed by atoms with Crippen molar-refractivity contribution in [3.8, 4) is 0 Å². The first-order valence-corrected chi connectivity index (χ1v) is 23.4. The highest BCUT2D eigenvalue weighted by Crippen LogP contribution is 2.67. The standard InChI is InChI=1S/C59H76/c1-24(2)46-37(16)39(18)55-57(46)58-47(25(3)4)51(43(22)56(58)59(55)49-35(14)27(6)26(5)28(7)36(49)15)45-23-44(31(10)32(45)11)50-38(17)40(19)54-52(41(20)42(21)53(50)54)48-33(12)29(8)30(9)34(48)13/h24-25,33-34,38,41,46-48,59H,19,21,23H2,1-18,20,22H3. The van der Waals surface area contributed by atoms with Gasteiger partial charge < -0.3 is 0 Å². The largest absolute Gasteiger partial charge is 0.0946 e. The van der Waals surface area contributed by atoms with Crippen LogP contribution in [0.3, 0.4) is 0 Å². The van der Waals surface area contributed by atoms with Crippen molar-refractivity contribution in [3.05, 3.63) is 158 Å². The van der Waals surface area contributed by atoms with Gasteiger partial charge in [-0.15, -0.1) is 0 Å². The third kappa shape index (κ3) is 5.26. The van der Waals surface area contributed by atoms with Gasteiger partial charge >= 0.3 is 0 Å². The number of hydrogen-bond donors (Lipinski definition) is 0.